The zero-order chi connectivity index (χ0) is 18.2. The normalized spacial score (nSPS) is 11.3. The summed E-state index contributed by atoms with van der Waals surface area (Å²) in [4.78, 5) is 23.1. The highest BCUT2D eigenvalue weighted by atomic mass is 32.1. The largest absolute Gasteiger partial charge is 0.293 e. The molecule has 4 nitrogen and oxygen atoms in total. The van der Waals surface area contributed by atoms with Crippen molar-refractivity contribution < 1.29 is 0 Å². The Labute approximate surface area is 167 Å². The van der Waals surface area contributed by atoms with E-state index in [1.165, 1.54) is 11.3 Å². The van der Waals surface area contributed by atoms with Gasteiger partial charge in [-0.3, -0.25) is 9.36 Å². The van der Waals surface area contributed by atoms with Crippen LogP contribution < -0.4 is 5.56 Å². The van der Waals surface area contributed by atoms with E-state index in [-0.39, 0.29) is 5.56 Å². The molecule has 0 amide bonds. The first kappa shape index (κ1) is 16.6. The van der Waals surface area contributed by atoms with Crippen molar-refractivity contribution >= 4 is 44.2 Å². The van der Waals surface area contributed by atoms with Crippen LogP contribution in [-0.2, 0) is 6.54 Å². The summed E-state index contributed by atoms with van der Waals surface area (Å²) in [6.45, 7) is 0.423. The molecular weight excluding hydrogens is 394 g/mol. The van der Waals surface area contributed by atoms with Crippen molar-refractivity contribution in [2.45, 2.75) is 6.54 Å². The zero-order valence-electron chi connectivity index (χ0n) is 14.0. The van der Waals surface area contributed by atoms with Crippen LogP contribution in [0.2, 0.25) is 0 Å². The third-order valence-electron chi connectivity index (χ3n) is 4.30. The van der Waals surface area contributed by atoms with Crippen LogP contribution >= 0.6 is 34.0 Å². The van der Waals surface area contributed by atoms with Crippen LogP contribution in [0.5, 0.6) is 0 Å². The van der Waals surface area contributed by atoms with E-state index < -0.39 is 0 Å². The van der Waals surface area contributed by atoms with Crippen LogP contribution in [0.15, 0.2) is 69.0 Å². The molecule has 0 saturated carbocycles. The van der Waals surface area contributed by atoms with Gasteiger partial charge >= 0.3 is 0 Å². The summed E-state index contributed by atoms with van der Waals surface area (Å²) in [6.07, 6.45) is 1.62. The number of thiazole rings is 1. The van der Waals surface area contributed by atoms with Gasteiger partial charge in [0.25, 0.3) is 5.56 Å². The zero-order valence-corrected chi connectivity index (χ0v) is 16.5. The number of fused-ring (bicyclic) bond motifs is 1. The third kappa shape index (κ3) is 3.03. The minimum absolute atomic E-state index is 0.0230. The Kier molecular flexibility index (Phi) is 4.20. The van der Waals surface area contributed by atoms with Gasteiger partial charge in [-0.1, -0.05) is 30.3 Å². The summed E-state index contributed by atoms with van der Waals surface area (Å²) < 4.78 is 1.65. The molecule has 4 aromatic heterocycles. The maximum absolute atomic E-state index is 13.1. The molecule has 132 valence electrons. The first-order chi connectivity index (χ1) is 13.3. The molecule has 0 bridgehead atoms. The topological polar surface area (TPSA) is 47.8 Å². The summed E-state index contributed by atoms with van der Waals surface area (Å²) in [5.74, 6) is 0. The Balaban J connectivity index is 1.55. The molecular formula is C20H13N3OS3. The molecule has 1 aromatic carbocycles. The van der Waals surface area contributed by atoms with Crippen LogP contribution in [-0.4, -0.2) is 14.5 Å². The molecule has 0 radical (unpaired) electrons. The van der Waals surface area contributed by atoms with Gasteiger partial charge in [0.05, 0.1) is 24.0 Å². The molecule has 0 fully saturated rings. The number of hydrogen-bond acceptors (Lipinski definition) is 6. The number of aromatic nitrogens is 3. The highest BCUT2D eigenvalue weighted by Gasteiger charge is 2.14. The maximum Gasteiger partial charge on any atom is 0.263 e. The van der Waals surface area contributed by atoms with Gasteiger partial charge in [-0.15, -0.1) is 22.7 Å². The van der Waals surface area contributed by atoms with Crippen LogP contribution in [0.4, 0.5) is 0 Å². The maximum atomic E-state index is 13.1. The minimum atomic E-state index is -0.0230. The van der Waals surface area contributed by atoms with E-state index in [0.29, 0.717) is 11.9 Å². The average molecular weight is 408 g/mol. The minimum Gasteiger partial charge on any atom is -0.293 e. The van der Waals surface area contributed by atoms with Gasteiger partial charge in [0, 0.05) is 27.3 Å². The first-order valence-corrected chi connectivity index (χ1v) is 11.0. The first-order valence-electron chi connectivity index (χ1n) is 8.28. The fraction of sp³-hybridized carbons (Fsp3) is 0.0500. The molecule has 0 aliphatic rings. The molecule has 5 rings (SSSR count). The smallest absolute Gasteiger partial charge is 0.263 e. The summed E-state index contributed by atoms with van der Waals surface area (Å²) >= 11 is 4.76. The van der Waals surface area contributed by atoms with Gasteiger partial charge in [-0.25, -0.2) is 9.97 Å². The van der Waals surface area contributed by atoms with E-state index >= 15 is 0 Å². The van der Waals surface area contributed by atoms with Crippen LogP contribution in [0.1, 0.15) is 5.69 Å². The van der Waals surface area contributed by atoms with E-state index in [1.807, 2.05) is 46.5 Å². The molecule has 0 aliphatic heterocycles. The second-order valence-corrected chi connectivity index (χ2v) is 8.53. The molecule has 0 saturated heterocycles. The van der Waals surface area contributed by atoms with E-state index in [9.17, 15) is 4.79 Å². The van der Waals surface area contributed by atoms with Gasteiger partial charge in [-0.05, 0) is 17.0 Å². The van der Waals surface area contributed by atoms with Gasteiger partial charge < -0.3 is 0 Å². The highest BCUT2D eigenvalue weighted by molar-refractivity contribution is 7.17. The van der Waals surface area contributed by atoms with Gasteiger partial charge in [0.15, 0.2) is 0 Å². The third-order valence-corrected chi connectivity index (χ3v) is 6.81. The number of hydrogen-bond donors (Lipinski definition) is 0. The van der Waals surface area contributed by atoms with Crippen molar-refractivity contribution in [3.05, 3.63) is 80.3 Å². The Bertz CT molecular complexity index is 1270. The molecule has 5 aromatic rings. The van der Waals surface area contributed by atoms with Crippen molar-refractivity contribution in [2.24, 2.45) is 0 Å². The van der Waals surface area contributed by atoms with Crippen molar-refractivity contribution in [3.8, 4) is 21.7 Å². The van der Waals surface area contributed by atoms with Crippen molar-refractivity contribution in [3.63, 3.8) is 0 Å². The number of benzene rings is 1. The number of thiophene rings is 2. The van der Waals surface area contributed by atoms with Crippen molar-refractivity contribution in [1.29, 1.82) is 0 Å². The second kappa shape index (κ2) is 6.84. The summed E-state index contributed by atoms with van der Waals surface area (Å²) in [7, 11) is 0. The number of rotatable bonds is 4. The van der Waals surface area contributed by atoms with Gasteiger partial charge in [0.1, 0.15) is 9.84 Å². The molecule has 0 spiro atoms. The highest BCUT2D eigenvalue weighted by Crippen LogP contribution is 2.30. The van der Waals surface area contributed by atoms with Crippen LogP contribution in [0.3, 0.4) is 0 Å². The Morgan fingerprint density at radius 3 is 2.67 bits per heavy atom. The van der Waals surface area contributed by atoms with Crippen LogP contribution in [0.25, 0.3) is 31.9 Å². The summed E-state index contributed by atoms with van der Waals surface area (Å²) in [6, 6.07) is 12.0. The average Bonchev–Trinajstić information content (AvgIpc) is 3.45. The number of nitrogens with zero attached hydrogens (tertiary/aromatic N) is 3. The lowest BCUT2D eigenvalue weighted by Gasteiger charge is -2.04. The van der Waals surface area contributed by atoms with Gasteiger partial charge in [-0.2, -0.15) is 11.3 Å². The van der Waals surface area contributed by atoms with Crippen molar-refractivity contribution in [2.75, 3.05) is 0 Å². The molecule has 27 heavy (non-hydrogen) atoms. The Morgan fingerprint density at radius 2 is 1.85 bits per heavy atom. The standard InChI is InChI=1S/C20H13N3OS3/c24-20-17-16(13-4-2-1-3-5-13)11-27-19(17)21-12-23(20)8-15-10-26-18(22-15)14-6-7-25-9-14/h1-7,9-12H,8H2. The monoisotopic (exact) mass is 407 g/mol. The molecule has 0 N–H and O–H groups in total. The fourth-order valence-electron chi connectivity index (χ4n) is 2.98. The Hall–Kier alpha value is -2.61. The fourth-order valence-corrected chi connectivity index (χ4v) is 5.41. The van der Waals surface area contributed by atoms with Crippen LogP contribution in [0, 0.1) is 0 Å². The van der Waals surface area contributed by atoms with Gasteiger partial charge in [0.2, 0.25) is 0 Å². The lowest BCUT2D eigenvalue weighted by molar-refractivity contribution is 0.735. The molecule has 4 heterocycles. The van der Waals surface area contributed by atoms with E-state index in [1.54, 1.807) is 33.6 Å². The van der Waals surface area contributed by atoms with E-state index in [4.69, 9.17) is 0 Å². The lowest BCUT2D eigenvalue weighted by Crippen LogP contribution is -2.21. The van der Waals surface area contributed by atoms with E-state index in [2.05, 4.69) is 21.4 Å². The summed E-state index contributed by atoms with van der Waals surface area (Å²) in [5.41, 5.74) is 3.96. The lowest BCUT2D eigenvalue weighted by atomic mass is 10.1. The predicted octanol–water partition coefficient (Wildman–Crippen LogP) is 5.36. The molecule has 0 unspecified atom stereocenters. The predicted molar refractivity (Wildman–Crippen MR) is 114 cm³/mol. The quantitative estimate of drug-likeness (QED) is 0.403. The SMILES string of the molecule is O=c1c2c(-c3ccccc3)csc2ncn1Cc1csc(-c2ccsc2)n1. The molecule has 0 atom stereocenters. The second-order valence-electron chi connectivity index (χ2n) is 6.03. The van der Waals surface area contributed by atoms with E-state index in [0.717, 1.165) is 32.2 Å². The molecule has 7 heteroatoms. The van der Waals surface area contributed by atoms with Crippen molar-refractivity contribution in [1.82, 2.24) is 14.5 Å². The summed E-state index contributed by atoms with van der Waals surface area (Å²) in [5, 5.41) is 9.81. The Morgan fingerprint density at radius 1 is 0.963 bits per heavy atom. The molecule has 0 aliphatic carbocycles.